The van der Waals surface area contributed by atoms with Gasteiger partial charge >= 0.3 is 0 Å². The van der Waals surface area contributed by atoms with Crippen molar-refractivity contribution >= 4 is 10.8 Å². The van der Waals surface area contributed by atoms with Crippen LogP contribution in [0.1, 0.15) is 5.56 Å². The van der Waals surface area contributed by atoms with E-state index < -0.39 is 0 Å². The molecule has 3 aromatic carbocycles. The third-order valence-electron chi connectivity index (χ3n) is 3.28. The van der Waals surface area contributed by atoms with Crippen molar-refractivity contribution in [3.8, 4) is 16.9 Å². The van der Waals surface area contributed by atoms with Gasteiger partial charge in [-0.15, -0.1) is 0 Å². The van der Waals surface area contributed by atoms with Crippen molar-refractivity contribution in [1.29, 1.82) is 0 Å². The van der Waals surface area contributed by atoms with Crippen molar-refractivity contribution in [2.75, 3.05) is 0 Å². The van der Waals surface area contributed by atoms with E-state index in [0.717, 1.165) is 10.9 Å². The molecule has 0 heterocycles. The first-order valence-electron chi connectivity index (χ1n) is 6.03. The average Bonchev–Trinajstić information content (AvgIpc) is 2.38. The smallest absolute Gasteiger partial charge is 0.116 e. The number of rotatable bonds is 1. The third-order valence-corrected chi connectivity index (χ3v) is 3.28. The first kappa shape index (κ1) is 10.8. The van der Waals surface area contributed by atoms with E-state index in [9.17, 15) is 5.11 Å². The van der Waals surface area contributed by atoms with E-state index in [0.29, 0.717) is 5.75 Å². The highest BCUT2D eigenvalue weighted by atomic mass is 16.3. The van der Waals surface area contributed by atoms with Crippen molar-refractivity contribution in [2.24, 2.45) is 0 Å². The second kappa shape index (κ2) is 4.19. The highest BCUT2D eigenvalue weighted by molar-refractivity contribution is 5.98. The normalized spacial score (nSPS) is 10.7. The monoisotopic (exact) mass is 234 g/mol. The van der Waals surface area contributed by atoms with Gasteiger partial charge in [-0.05, 0) is 46.5 Å². The molecular formula is C17H14O. The predicted octanol–water partition coefficient (Wildman–Crippen LogP) is 4.52. The highest BCUT2D eigenvalue weighted by Gasteiger charge is 2.07. The van der Waals surface area contributed by atoms with E-state index in [-0.39, 0.29) is 0 Å². The lowest BCUT2D eigenvalue weighted by atomic mass is 9.95. The summed E-state index contributed by atoms with van der Waals surface area (Å²) in [5.74, 6) is 0.312. The van der Waals surface area contributed by atoms with E-state index in [2.05, 4.69) is 25.1 Å². The zero-order valence-corrected chi connectivity index (χ0v) is 10.2. The summed E-state index contributed by atoms with van der Waals surface area (Å²) in [6.45, 7) is 2.09. The molecule has 0 amide bonds. The maximum absolute atomic E-state index is 9.86. The minimum absolute atomic E-state index is 0.312. The average molecular weight is 234 g/mol. The molecule has 3 aromatic rings. The van der Waals surface area contributed by atoms with Gasteiger partial charge in [-0.2, -0.15) is 0 Å². The Morgan fingerprint density at radius 2 is 1.50 bits per heavy atom. The minimum atomic E-state index is 0.312. The molecule has 0 aliphatic rings. The largest absolute Gasteiger partial charge is 0.508 e. The fourth-order valence-electron chi connectivity index (χ4n) is 2.39. The van der Waals surface area contributed by atoms with E-state index >= 15 is 0 Å². The Balaban J connectivity index is 2.39. The van der Waals surface area contributed by atoms with Gasteiger partial charge in [0.05, 0.1) is 0 Å². The Morgan fingerprint density at radius 1 is 0.778 bits per heavy atom. The number of fused-ring (bicyclic) bond motifs is 1. The molecule has 0 saturated heterocycles. The molecule has 18 heavy (non-hydrogen) atoms. The molecule has 0 spiro atoms. The summed E-state index contributed by atoms with van der Waals surface area (Å²) in [7, 11) is 0. The van der Waals surface area contributed by atoms with Gasteiger partial charge in [0.1, 0.15) is 5.75 Å². The molecular weight excluding hydrogens is 220 g/mol. The topological polar surface area (TPSA) is 20.2 Å². The van der Waals surface area contributed by atoms with Gasteiger partial charge in [0.15, 0.2) is 0 Å². The number of hydrogen-bond donors (Lipinski definition) is 1. The summed E-state index contributed by atoms with van der Waals surface area (Å²) in [5.41, 5.74) is 3.47. The summed E-state index contributed by atoms with van der Waals surface area (Å²) >= 11 is 0. The lowest BCUT2D eigenvalue weighted by Crippen LogP contribution is -1.85. The number of phenols is 1. The third kappa shape index (κ3) is 1.74. The standard InChI is InChI=1S/C17H14O/c1-12-6-2-4-8-15(12)17-11-14(18)10-13-7-3-5-9-16(13)17/h2-11,18H,1H3. The molecule has 1 N–H and O–H groups in total. The summed E-state index contributed by atoms with van der Waals surface area (Å²) in [6, 6.07) is 20.0. The molecule has 0 atom stereocenters. The SMILES string of the molecule is Cc1ccccc1-c1cc(O)cc2ccccc12. The molecule has 1 heteroatoms. The number of aryl methyl sites for hydroxylation is 1. The van der Waals surface area contributed by atoms with E-state index in [1.807, 2.05) is 36.4 Å². The molecule has 0 aromatic heterocycles. The lowest BCUT2D eigenvalue weighted by Gasteiger charge is -2.10. The van der Waals surface area contributed by atoms with Crippen LogP contribution in [0.3, 0.4) is 0 Å². The number of phenolic OH excluding ortho intramolecular Hbond substituents is 1. The molecule has 0 aliphatic carbocycles. The molecule has 0 radical (unpaired) electrons. The molecule has 1 nitrogen and oxygen atoms in total. The number of aromatic hydroxyl groups is 1. The summed E-state index contributed by atoms with van der Waals surface area (Å²) in [4.78, 5) is 0. The van der Waals surface area contributed by atoms with Crippen molar-refractivity contribution in [3.63, 3.8) is 0 Å². The Morgan fingerprint density at radius 3 is 2.33 bits per heavy atom. The lowest BCUT2D eigenvalue weighted by molar-refractivity contribution is 0.476. The van der Waals surface area contributed by atoms with Gasteiger partial charge in [0, 0.05) is 0 Å². The van der Waals surface area contributed by atoms with Crippen LogP contribution in [0.15, 0.2) is 60.7 Å². The molecule has 0 saturated carbocycles. The van der Waals surface area contributed by atoms with Gasteiger partial charge < -0.3 is 5.11 Å². The van der Waals surface area contributed by atoms with E-state index in [1.54, 1.807) is 6.07 Å². The van der Waals surface area contributed by atoms with Crippen LogP contribution < -0.4 is 0 Å². The van der Waals surface area contributed by atoms with Crippen LogP contribution in [0.5, 0.6) is 5.75 Å². The highest BCUT2D eigenvalue weighted by Crippen LogP contribution is 2.33. The molecule has 0 fully saturated rings. The molecule has 0 unspecified atom stereocenters. The Labute approximate surface area is 106 Å². The van der Waals surface area contributed by atoms with Crippen molar-refractivity contribution in [1.82, 2.24) is 0 Å². The van der Waals surface area contributed by atoms with Gasteiger partial charge in [0.2, 0.25) is 0 Å². The summed E-state index contributed by atoms with van der Waals surface area (Å²) < 4.78 is 0. The van der Waals surface area contributed by atoms with Crippen molar-refractivity contribution in [3.05, 3.63) is 66.2 Å². The number of benzene rings is 3. The number of hydrogen-bond acceptors (Lipinski definition) is 1. The van der Waals surface area contributed by atoms with Crippen LogP contribution in [0.25, 0.3) is 21.9 Å². The fraction of sp³-hybridized carbons (Fsp3) is 0.0588. The first-order valence-corrected chi connectivity index (χ1v) is 6.03. The molecule has 0 bridgehead atoms. The van der Waals surface area contributed by atoms with E-state index in [4.69, 9.17) is 0 Å². The minimum Gasteiger partial charge on any atom is -0.508 e. The molecule has 3 rings (SSSR count). The van der Waals surface area contributed by atoms with Crippen LogP contribution in [-0.2, 0) is 0 Å². The molecule has 88 valence electrons. The van der Waals surface area contributed by atoms with Gasteiger partial charge in [0.25, 0.3) is 0 Å². The summed E-state index contributed by atoms with van der Waals surface area (Å²) in [6.07, 6.45) is 0. The van der Waals surface area contributed by atoms with Crippen molar-refractivity contribution < 1.29 is 5.11 Å². The Hall–Kier alpha value is -2.28. The van der Waals surface area contributed by atoms with Gasteiger partial charge in [-0.25, -0.2) is 0 Å². The summed E-state index contributed by atoms with van der Waals surface area (Å²) in [5, 5.41) is 12.1. The van der Waals surface area contributed by atoms with Gasteiger partial charge in [-0.1, -0.05) is 48.5 Å². The van der Waals surface area contributed by atoms with Crippen LogP contribution in [-0.4, -0.2) is 5.11 Å². The van der Waals surface area contributed by atoms with E-state index in [1.165, 1.54) is 16.5 Å². The van der Waals surface area contributed by atoms with Crippen LogP contribution in [0.4, 0.5) is 0 Å². The van der Waals surface area contributed by atoms with Crippen molar-refractivity contribution in [2.45, 2.75) is 6.92 Å². The van der Waals surface area contributed by atoms with Crippen LogP contribution >= 0.6 is 0 Å². The Bertz CT molecular complexity index is 714. The van der Waals surface area contributed by atoms with Crippen LogP contribution in [0, 0.1) is 6.92 Å². The quantitative estimate of drug-likeness (QED) is 0.656. The zero-order valence-electron chi connectivity index (χ0n) is 10.2. The maximum Gasteiger partial charge on any atom is 0.116 e. The maximum atomic E-state index is 9.86. The predicted molar refractivity (Wildman–Crippen MR) is 75.8 cm³/mol. The first-order chi connectivity index (χ1) is 8.75. The molecule has 0 aliphatic heterocycles. The second-order valence-corrected chi connectivity index (χ2v) is 4.53. The van der Waals surface area contributed by atoms with Gasteiger partial charge in [-0.3, -0.25) is 0 Å². The Kier molecular flexibility index (Phi) is 2.52. The van der Waals surface area contributed by atoms with Crippen LogP contribution in [0.2, 0.25) is 0 Å². The zero-order chi connectivity index (χ0) is 12.5. The fourth-order valence-corrected chi connectivity index (χ4v) is 2.39. The second-order valence-electron chi connectivity index (χ2n) is 4.53.